The zero-order valence-corrected chi connectivity index (χ0v) is 13.5. The molecule has 0 aliphatic carbocycles. The van der Waals surface area contributed by atoms with Gasteiger partial charge in [0.2, 0.25) is 0 Å². The quantitative estimate of drug-likeness (QED) is 0.681. The second-order valence-electron chi connectivity index (χ2n) is 4.50. The van der Waals surface area contributed by atoms with Crippen LogP contribution >= 0.6 is 27.3 Å². The van der Waals surface area contributed by atoms with Crippen LogP contribution in [-0.4, -0.2) is 19.9 Å². The Morgan fingerprint density at radius 3 is 2.61 bits per heavy atom. The molecule has 0 aliphatic heterocycles. The summed E-state index contributed by atoms with van der Waals surface area (Å²) in [5.74, 6) is -0.284. The lowest BCUT2D eigenvalue weighted by atomic mass is 10.2. The highest BCUT2D eigenvalue weighted by molar-refractivity contribution is 9.11. The van der Waals surface area contributed by atoms with Gasteiger partial charge in [-0.15, -0.1) is 16.4 Å². The monoisotopic (exact) mass is 405 g/mol. The predicted molar refractivity (Wildman–Crippen MR) is 81.9 cm³/mol. The van der Waals surface area contributed by atoms with Crippen molar-refractivity contribution in [1.29, 1.82) is 0 Å². The molecule has 0 radical (unpaired) electrons. The maximum atomic E-state index is 12.8. The predicted octanol–water partition coefficient (Wildman–Crippen LogP) is 3.78. The van der Waals surface area contributed by atoms with Crippen molar-refractivity contribution in [2.24, 2.45) is 0 Å². The first-order chi connectivity index (χ1) is 10.8. The fourth-order valence-electron chi connectivity index (χ4n) is 1.91. The number of aromatic amines is 1. The number of phenolic OH excluding ortho intramolecular Hbond substituents is 1. The second kappa shape index (κ2) is 5.53. The van der Waals surface area contributed by atoms with Gasteiger partial charge in [0.05, 0.1) is 14.2 Å². The standard InChI is InChI=1S/C13H7BrF3N3O2S/c14-10-4-3-9(23-10)11-18-12(22)20(19-11)7-5-6(13(15,16)17)1-2-8(7)21/h1-5,21H,(H,18,19,22). The van der Waals surface area contributed by atoms with Gasteiger partial charge in [-0.25, -0.2) is 4.79 Å². The van der Waals surface area contributed by atoms with Crippen molar-refractivity contribution in [2.75, 3.05) is 0 Å². The van der Waals surface area contributed by atoms with Crippen LogP contribution in [0.1, 0.15) is 5.56 Å². The van der Waals surface area contributed by atoms with Crippen LogP contribution in [0.3, 0.4) is 0 Å². The Kier molecular flexibility index (Phi) is 3.80. The van der Waals surface area contributed by atoms with Gasteiger partial charge in [0, 0.05) is 0 Å². The van der Waals surface area contributed by atoms with Crippen molar-refractivity contribution in [3.8, 4) is 22.1 Å². The molecule has 3 rings (SSSR count). The fraction of sp³-hybridized carbons (Fsp3) is 0.0769. The minimum absolute atomic E-state index is 0.197. The summed E-state index contributed by atoms with van der Waals surface area (Å²) in [5.41, 5.74) is -2.08. The summed E-state index contributed by atoms with van der Waals surface area (Å²) in [7, 11) is 0. The number of thiophene rings is 1. The van der Waals surface area contributed by atoms with Crippen molar-refractivity contribution in [3.05, 3.63) is 50.2 Å². The molecule has 0 saturated heterocycles. The molecule has 3 aromatic rings. The van der Waals surface area contributed by atoms with Crippen LogP contribution < -0.4 is 5.69 Å². The third-order valence-electron chi connectivity index (χ3n) is 2.96. The maximum absolute atomic E-state index is 12.8. The first-order valence-electron chi connectivity index (χ1n) is 6.11. The van der Waals surface area contributed by atoms with Gasteiger partial charge in [-0.1, -0.05) is 0 Å². The Morgan fingerprint density at radius 1 is 1.26 bits per heavy atom. The average molecular weight is 406 g/mol. The van der Waals surface area contributed by atoms with E-state index in [1.165, 1.54) is 11.3 Å². The van der Waals surface area contributed by atoms with Crippen molar-refractivity contribution >= 4 is 27.3 Å². The molecule has 1 aromatic carbocycles. The molecule has 2 N–H and O–H groups in total. The van der Waals surface area contributed by atoms with Gasteiger partial charge >= 0.3 is 11.9 Å². The van der Waals surface area contributed by atoms with Crippen LogP contribution in [0.4, 0.5) is 13.2 Å². The molecule has 5 nitrogen and oxygen atoms in total. The topological polar surface area (TPSA) is 70.9 Å². The van der Waals surface area contributed by atoms with E-state index in [1.807, 2.05) is 0 Å². The summed E-state index contributed by atoms with van der Waals surface area (Å²) < 4.78 is 39.9. The van der Waals surface area contributed by atoms with Crippen molar-refractivity contribution in [2.45, 2.75) is 6.18 Å². The van der Waals surface area contributed by atoms with Crippen LogP contribution in [0.15, 0.2) is 38.9 Å². The molecule has 0 fully saturated rings. The molecule has 0 bridgehead atoms. The number of phenols is 1. The summed E-state index contributed by atoms with van der Waals surface area (Å²) in [5, 5.41) is 13.7. The van der Waals surface area contributed by atoms with Gasteiger partial charge in [-0.3, -0.25) is 4.98 Å². The normalized spacial score (nSPS) is 11.8. The number of alkyl halides is 3. The Balaban J connectivity index is 2.13. The fourth-order valence-corrected chi connectivity index (χ4v) is 3.24. The van der Waals surface area contributed by atoms with Crippen LogP contribution in [0, 0.1) is 0 Å². The minimum Gasteiger partial charge on any atom is -0.506 e. The van der Waals surface area contributed by atoms with Gasteiger partial charge in [-0.05, 0) is 46.3 Å². The number of aromatic hydroxyl groups is 1. The number of rotatable bonds is 2. The highest BCUT2D eigenvalue weighted by Gasteiger charge is 2.31. The van der Waals surface area contributed by atoms with E-state index in [9.17, 15) is 23.1 Å². The van der Waals surface area contributed by atoms with Crippen LogP contribution in [0.25, 0.3) is 16.4 Å². The number of nitrogens with one attached hydrogen (secondary N) is 1. The number of benzene rings is 1. The van der Waals surface area contributed by atoms with E-state index in [4.69, 9.17) is 0 Å². The zero-order valence-electron chi connectivity index (χ0n) is 11.1. The lowest BCUT2D eigenvalue weighted by molar-refractivity contribution is -0.137. The molecule has 0 amide bonds. The first-order valence-corrected chi connectivity index (χ1v) is 7.72. The highest BCUT2D eigenvalue weighted by atomic mass is 79.9. The van der Waals surface area contributed by atoms with E-state index in [-0.39, 0.29) is 11.5 Å². The molecule has 120 valence electrons. The second-order valence-corrected chi connectivity index (χ2v) is 6.96. The van der Waals surface area contributed by atoms with Gasteiger partial charge in [0.1, 0.15) is 11.4 Å². The number of hydrogen-bond donors (Lipinski definition) is 2. The number of nitrogens with zero attached hydrogens (tertiary/aromatic N) is 2. The molecular weight excluding hydrogens is 399 g/mol. The minimum atomic E-state index is -4.59. The van der Waals surface area contributed by atoms with Crippen LogP contribution in [0.2, 0.25) is 0 Å². The molecule has 2 heterocycles. The summed E-state index contributed by atoms with van der Waals surface area (Å²) in [4.78, 5) is 15.1. The highest BCUT2D eigenvalue weighted by Crippen LogP contribution is 2.33. The van der Waals surface area contributed by atoms with Crippen LogP contribution in [-0.2, 0) is 6.18 Å². The van der Waals surface area contributed by atoms with Gasteiger partial charge < -0.3 is 5.11 Å². The summed E-state index contributed by atoms with van der Waals surface area (Å²) >= 11 is 4.57. The van der Waals surface area contributed by atoms with E-state index >= 15 is 0 Å². The Morgan fingerprint density at radius 2 is 2.00 bits per heavy atom. The number of halogens is 4. The van der Waals surface area contributed by atoms with Gasteiger partial charge in [-0.2, -0.15) is 17.9 Å². The lowest BCUT2D eigenvalue weighted by Gasteiger charge is -2.09. The van der Waals surface area contributed by atoms with Crippen molar-refractivity contribution < 1.29 is 18.3 Å². The molecule has 0 aliphatic rings. The Labute approximate surface area is 139 Å². The van der Waals surface area contributed by atoms with Crippen LogP contribution in [0.5, 0.6) is 5.75 Å². The molecule has 0 saturated carbocycles. The van der Waals surface area contributed by atoms with Gasteiger partial charge in [0.15, 0.2) is 5.82 Å². The Hall–Kier alpha value is -2.07. The maximum Gasteiger partial charge on any atom is 0.416 e. The van der Waals surface area contributed by atoms with Gasteiger partial charge in [0.25, 0.3) is 0 Å². The molecule has 2 aromatic heterocycles. The third-order valence-corrected chi connectivity index (χ3v) is 4.59. The smallest absolute Gasteiger partial charge is 0.416 e. The molecule has 10 heteroatoms. The van der Waals surface area contributed by atoms with E-state index in [2.05, 4.69) is 26.0 Å². The summed E-state index contributed by atoms with van der Waals surface area (Å²) in [6, 6.07) is 5.72. The van der Waals surface area contributed by atoms with E-state index in [0.717, 1.165) is 15.9 Å². The number of aromatic nitrogens is 3. The summed E-state index contributed by atoms with van der Waals surface area (Å²) in [6.45, 7) is 0. The summed E-state index contributed by atoms with van der Waals surface area (Å²) in [6.07, 6.45) is -4.59. The lowest BCUT2D eigenvalue weighted by Crippen LogP contribution is -2.17. The Bertz CT molecular complexity index is 929. The van der Waals surface area contributed by atoms with Crippen molar-refractivity contribution in [1.82, 2.24) is 14.8 Å². The number of hydrogen-bond acceptors (Lipinski definition) is 4. The molecule has 0 spiro atoms. The molecular formula is C13H7BrF3N3O2S. The third kappa shape index (κ3) is 3.04. The largest absolute Gasteiger partial charge is 0.506 e. The zero-order chi connectivity index (χ0) is 16.8. The molecule has 23 heavy (non-hydrogen) atoms. The van der Waals surface area contributed by atoms with E-state index in [1.54, 1.807) is 12.1 Å². The average Bonchev–Trinajstić information content (AvgIpc) is 3.04. The van der Waals surface area contributed by atoms with E-state index in [0.29, 0.717) is 15.6 Å². The molecule has 0 unspecified atom stereocenters. The van der Waals surface area contributed by atoms with E-state index < -0.39 is 23.2 Å². The SMILES string of the molecule is O=c1[nH]c(-c2ccc(Br)s2)nn1-c1cc(C(F)(F)F)ccc1O. The molecule has 0 atom stereocenters. The van der Waals surface area contributed by atoms with Crippen molar-refractivity contribution in [3.63, 3.8) is 0 Å². The first kappa shape index (κ1) is 15.8. The number of H-pyrrole nitrogens is 1.